The number of amides is 2. The average molecular weight is 535 g/mol. The second kappa shape index (κ2) is 13.3. The molecule has 1 aliphatic carbocycles. The van der Waals surface area contributed by atoms with Crippen LogP contribution >= 0.6 is 19.9 Å². The number of carbonyl (C=O) groups excluding carboxylic acids is 2. The van der Waals surface area contributed by atoms with Gasteiger partial charge >= 0.3 is 8.25 Å². The molecule has 0 aromatic heterocycles. The lowest BCUT2D eigenvalue weighted by Gasteiger charge is -2.45. The SMILES string of the molecule is CN(C)C1(Cc2ccc(Cl)cc2)CCC(NC(=O)CCC(=O)Nc2ccc(CO[P+](=O)O)cc2)CC1. The van der Waals surface area contributed by atoms with Crippen molar-refractivity contribution in [1.82, 2.24) is 10.2 Å². The summed E-state index contributed by atoms with van der Waals surface area (Å²) in [6.45, 7) is 0.0120. The highest BCUT2D eigenvalue weighted by molar-refractivity contribution is 7.32. The Bertz CT molecular complexity index is 1040. The first kappa shape index (κ1) is 28.2. The highest BCUT2D eigenvalue weighted by Crippen LogP contribution is 2.35. The first-order chi connectivity index (χ1) is 17.1. The zero-order valence-corrected chi connectivity index (χ0v) is 22.4. The largest absolute Gasteiger partial charge is 0.695 e. The summed E-state index contributed by atoms with van der Waals surface area (Å²) in [6, 6.07) is 14.9. The Morgan fingerprint density at radius 1 is 1.03 bits per heavy atom. The van der Waals surface area contributed by atoms with Crippen LogP contribution in [-0.4, -0.2) is 47.3 Å². The van der Waals surface area contributed by atoms with Crippen molar-refractivity contribution in [3.8, 4) is 0 Å². The fraction of sp³-hybridized carbons (Fsp3) is 0.462. The molecule has 8 nitrogen and oxygen atoms in total. The van der Waals surface area contributed by atoms with E-state index < -0.39 is 8.25 Å². The Balaban J connectivity index is 1.41. The van der Waals surface area contributed by atoms with Crippen LogP contribution in [-0.2, 0) is 31.7 Å². The van der Waals surface area contributed by atoms with Gasteiger partial charge in [-0.3, -0.25) is 9.59 Å². The molecule has 0 heterocycles. The monoisotopic (exact) mass is 534 g/mol. The van der Waals surface area contributed by atoms with Gasteiger partial charge in [-0.1, -0.05) is 35.9 Å². The molecule has 2 aromatic rings. The highest BCUT2D eigenvalue weighted by Gasteiger charge is 2.37. The number of benzene rings is 2. The summed E-state index contributed by atoms with van der Waals surface area (Å²) in [5.41, 5.74) is 2.60. The van der Waals surface area contributed by atoms with Gasteiger partial charge in [0.15, 0.2) is 0 Å². The van der Waals surface area contributed by atoms with E-state index in [1.807, 2.05) is 12.1 Å². The molecule has 1 atom stereocenters. The molecule has 1 unspecified atom stereocenters. The van der Waals surface area contributed by atoms with Crippen molar-refractivity contribution in [2.45, 2.75) is 63.1 Å². The highest BCUT2D eigenvalue weighted by atomic mass is 35.5. The molecule has 0 bridgehead atoms. The van der Waals surface area contributed by atoms with E-state index in [0.29, 0.717) is 11.3 Å². The molecule has 1 saturated carbocycles. The van der Waals surface area contributed by atoms with Crippen LogP contribution in [0.25, 0.3) is 0 Å². The van der Waals surface area contributed by atoms with Crippen LogP contribution in [0.3, 0.4) is 0 Å². The summed E-state index contributed by atoms with van der Waals surface area (Å²) in [7, 11) is 1.59. The van der Waals surface area contributed by atoms with Crippen LogP contribution < -0.4 is 10.6 Å². The van der Waals surface area contributed by atoms with Gasteiger partial charge < -0.3 is 15.5 Å². The molecular weight excluding hydrogens is 501 g/mol. The number of rotatable bonds is 11. The lowest BCUT2D eigenvalue weighted by atomic mass is 9.75. The molecular formula is C26H34ClN3O5P+. The minimum absolute atomic E-state index is 0.0120. The Morgan fingerprint density at radius 3 is 2.19 bits per heavy atom. The van der Waals surface area contributed by atoms with Crippen molar-refractivity contribution in [1.29, 1.82) is 0 Å². The smallest absolute Gasteiger partial charge is 0.353 e. The van der Waals surface area contributed by atoms with E-state index in [1.54, 1.807) is 24.3 Å². The second-order valence-corrected chi connectivity index (χ2v) is 10.7. The number of carbonyl (C=O) groups is 2. The van der Waals surface area contributed by atoms with Crippen molar-refractivity contribution in [3.63, 3.8) is 0 Å². The average Bonchev–Trinajstić information content (AvgIpc) is 2.85. The molecule has 0 spiro atoms. The lowest BCUT2D eigenvalue weighted by Crippen LogP contribution is -2.52. The zero-order chi connectivity index (χ0) is 26.1. The van der Waals surface area contributed by atoms with Gasteiger partial charge in [-0.05, 0) is 81.6 Å². The minimum Gasteiger partial charge on any atom is -0.353 e. The van der Waals surface area contributed by atoms with Crippen LogP contribution in [0.15, 0.2) is 48.5 Å². The predicted octanol–water partition coefficient (Wildman–Crippen LogP) is 4.83. The molecule has 3 N–H and O–H groups in total. The molecule has 0 aliphatic heterocycles. The van der Waals surface area contributed by atoms with E-state index in [2.05, 4.69) is 46.3 Å². The van der Waals surface area contributed by atoms with E-state index in [-0.39, 0.29) is 42.8 Å². The summed E-state index contributed by atoms with van der Waals surface area (Å²) in [5.74, 6) is -0.360. The van der Waals surface area contributed by atoms with Crippen molar-refractivity contribution in [2.24, 2.45) is 0 Å². The minimum atomic E-state index is -2.65. The number of halogens is 1. The first-order valence-electron chi connectivity index (χ1n) is 12.0. The summed E-state index contributed by atoms with van der Waals surface area (Å²) in [6.07, 6.45) is 4.89. The van der Waals surface area contributed by atoms with Gasteiger partial charge in [0.25, 0.3) is 0 Å². The maximum absolute atomic E-state index is 12.5. The van der Waals surface area contributed by atoms with Gasteiger partial charge in [-0.2, -0.15) is 0 Å². The van der Waals surface area contributed by atoms with Crippen molar-refractivity contribution in [2.75, 3.05) is 19.4 Å². The van der Waals surface area contributed by atoms with Crippen LogP contribution in [0.5, 0.6) is 0 Å². The maximum Gasteiger partial charge on any atom is 0.695 e. The van der Waals surface area contributed by atoms with Crippen molar-refractivity contribution >= 4 is 37.4 Å². The lowest BCUT2D eigenvalue weighted by molar-refractivity contribution is -0.125. The van der Waals surface area contributed by atoms with E-state index in [1.165, 1.54) is 5.56 Å². The van der Waals surface area contributed by atoms with Crippen molar-refractivity contribution in [3.05, 3.63) is 64.7 Å². The molecule has 0 saturated heterocycles. The van der Waals surface area contributed by atoms with Gasteiger partial charge in [-0.25, -0.2) is 0 Å². The second-order valence-electron chi connectivity index (χ2n) is 9.52. The summed E-state index contributed by atoms with van der Waals surface area (Å²) in [4.78, 5) is 35.7. The summed E-state index contributed by atoms with van der Waals surface area (Å²) >= 11 is 6.03. The third-order valence-electron chi connectivity index (χ3n) is 6.84. The number of hydrogen-bond acceptors (Lipinski definition) is 5. The third kappa shape index (κ3) is 8.64. The molecule has 36 heavy (non-hydrogen) atoms. The Labute approximate surface area is 218 Å². The molecule has 2 amide bonds. The molecule has 0 radical (unpaired) electrons. The fourth-order valence-electron chi connectivity index (χ4n) is 4.63. The van der Waals surface area contributed by atoms with E-state index in [9.17, 15) is 14.2 Å². The van der Waals surface area contributed by atoms with E-state index >= 15 is 0 Å². The van der Waals surface area contributed by atoms with E-state index in [4.69, 9.17) is 16.5 Å². The summed E-state index contributed by atoms with van der Waals surface area (Å²) < 4.78 is 15.3. The first-order valence-corrected chi connectivity index (χ1v) is 13.6. The molecule has 194 valence electrons. The number of nitrogens with zero attached hydrogens (tertiary/aromatic N) is 1. The molecule has 10 heteroatoms. The Kier molecular flexibility index (Phi) is 10.4. The molecule has 1 aliphatic rings. The Hall–Kier alpha value is -2.35. The fourth-order valence-corrected chi connectivity index (χ4v) is 5.01. The van der Waals surface area contributed by atoms with Gasteiger partial charge in [-0.15, -0.1) is 9.42 Å². The third-order valence-corrected chi connectivity index (χ3v) is 7.44. The van der Waals surface area contributed by atoms with Crippen LogP contribution in [0, 0.1) is 0 Å². The number of anilines is 1. The van der Waals surface area contributed by atoms with Gasteiger partial charge in [0.1, 0.15) is 6.61 Å². The molecule has 3 rings (SSSR count). The van der Waals surface area contributed by atoms with Crippen LogP contribution in [0.2, 0.25) is 5.02 Å². The molecule has 2 aromatic carbocycles. The Morgan fingerprint density at radius 2 is 1.61 bits per heavy atom. The van der Waals surface area contributed by atoms with E-state index in [0.717, 1.165) is 37.1 Å². The van der Waals surface area contributed by atoms with Gasteiger partial charge in [0.2, 0.25) is 11.8 Å². The van der Waals surface area contributed by atoms with Crippen LogP contribution in [0.1, 0.15) is 49.7 Å². The topological polar surface area (TPSA) is 108 Å². The maximum atomic E-state index is 12.5. The quantitative estimate of drug-likeness (QED) is 0.356. The van der Waals surface area contributed by atoms with Crippen LogP contribution in [0.4, 0.5) is 5.69 Å². The number of nitrogens with one attached hydrogen (secondary N) is 2. The number of likely N-dealkylation sites (N-methyl/N-ethyl adjacent to an activating group) is 1. The van der Waals surface area contributed by atoms with Gasteiger partial charge in [0, 0.05) is 39.7 Å². The van der Waals surface area contributed by atoms with Crippen molar-refractivity contribution < 1.29 is 23.6 Å². The standard InChI is InChI=1S/C26H33ClN3O5P/c1-30(2)26(17-19-3-7-21(27)8-4-19)15-13-23(14-16-26)29-25(32)12-11-24(31)28-22-9-5-20(6-10-22)18-35-36(33)34/h3-10,23H,11-18H2,1-2H3,(H2-,28,29,31,32,33,34)/p+1. The predicted molar refractivity (Wildman–Crippen MR) is 141 cm³/mol. The van der Waals surface area contributed by atoms with Gasteiger partial charge in [0.05, 0.1) is 0 Å². The molecule has 1 fully saturated rings. The number of hydrogen-bond donors (Lipinski definition) is 3. The summed E-state index contributed by atoms with van der Waals surface area (Å²) in [5, 5.41) is 6.60. The zero-order valence-electron chi connectivity index (χ0n) is 20.7. The normalized spacial score (nSPS) is 20.1.